The van der Waals surface area contributed by atoms with Gasteiger partial charge in [0.25, 0.3) is 5.91 Å². The van der Waals surface area contributed by atoms with Crippen molar-refractivity contribution in [1.82, 2.24) is 5.32 Å². The molecule has 0 fully saturated rings. The topological polar surface area (TPSA) is 85.6 Å². The van der Waals surface area contributed by atoms with Gasteiger partial charge in [-0.05, 0) is 31.0 Å². The van der Waals surface area contributed by atoms with Crippen LogP contribution in [0.15, 0.2) is 33.5 Å². The number of hydrogen-bond acceptors (Lipinski definition) is 5. The Hall–Kier alpha value is -2.63. The zero-order valence-corrected chi connectivity index (χ0v) is 13.9. The number of ether oxygens (including phenoxy) is 1. The first kappa shape index (κ1) is 17.7. The fourth-order valence-electron chi connectivity index (χ4n) is 2.17. The minimum Gasteiger partial charge on any atom is -0.426 e. The van der Waals surface area contributed by atoms with Crippen molar-refractivity contribution < 1.29 is 18.7 Å². The molecule has 0 unspecified atom stereocenters. The van der Waals surface area contributed by atoms with E-state index in [0.717, 1.165) is 12.8 Å². The molecule has 0 bridgehead atoms. The van der Waals surface area contributed by atoms with Crippen LogP contribution in [0.2, 0.25) is 0 Å². The first-order valence-electron chi connectivity index (χ1n) is 8.12. The first-order chi connectivity index (χ1) is 11.5. The summed E-state index contributed by atoms with van der Waals surface area (Å²) in [7, 11) is 0. The van der Waals surface area contributed by atoms with E-state index in [1.54, 1.807) is 12.1 Å². The highest BCUT2D eigenvalue weighted by Crippen LogP contribution is 2.21. The summed E-state index contributed by atoms with van der Waals surface area (Å²) in [5.74, 6) is -0.479. The fraction of sp³-hybridized carbons (Fsp3) is 0.389. The number of nitrogens with one attached hydrogen (secondary N) is 1. The molecule has 1 aromatic heterocycles. The summed E-state index contributed by atoms with van der Waals surface area (Å²) in [6.45, 7) is 4.41. The molecular formula is C18H21NO5. The maximum absolute atomic E-state index is 12.0. The summed E-state index contributed by atoms with van der Waals surface area (Å²) < 4.78 is 10.4. The molecule has 2 aromatic rings. The van der Waals surface area contributed by atoms with Gasteiger partial charge in [0.2, 0.25) is 0 Å². The number of hydrogen-bond donors (Lipinski definition) is 1. The van der Waals surface area contributed by atoms with Gasteiger partial charge < -0.3 is 14.5 Å². The number of benzene rings is 1. The van der Waals surface area contributed by atoms with Crippen LogP contribution >= 0.6 is 0 Å². The van der Waals surface area contributed by atoms with Crippen molar-refractivity contribution in [2.24, 2.45) is 0 Å². The Morgan fingerprint density at radius 2 is 1.96 bits per heavy atom. The van der Waals surface area contributed by atoms with Gasteiger partial charge >= 0.3 is 11.6 Å². The van der Waals surface area contributed by atoms with Crippen molar-refractivity contribution >= 4 is 22.8 Å². The predicted octanol–water partition coefficient (Wildman–Crippen LogP) is 3.03. The van der Waals surface area contributed by atoms with Gasteiger partial charge in [0.05, 0.1) is 0 Å². The van der Waals surface area contributed by atoms with Gasteiger partial charge in [-0.2, -0.15) is 0 Å². The van der Waals surface area contributed by atoms with Crippen molar-refractivity contribution in [2.75, 3.05) is 6.54 Å². The highest BCUT2D eigenvalue weighted by molar-refractivity contribution is 5.96. The van der Waals surface area contributed by atoms with Crippen molar-refractivity contribution in [3.8, 4) is 5.75 Å². The maximum atomic E-state index is 12.0. The van der Waals surface area contributed by atoms with E-state index in [1.807, 2.05) is 13.8 Å². The molecular weight excluding hydrogens is 310 g/mol. The second kappa shape index (κ2) is 8.29. The SMILES string of the molecule is CCCCNC(=O)c1cc2ccc(OC(=O)CCC)cc2oc1=O. The lowest BCUT2D eigenvalue weighted by molar-refractivity contribution is -0.134. The average Bonchev–Trinajstić information content (AvgIpc) is 2.54. The Morgan fingerprint density at radius 3 is 2.67 bits per heavy atom. The van der Waals surface area contributed by atoms with E-state index in [1.165, 1.54) is 12.1 Å². The average molecular weight is 331 g/mol. The molecule has 0 spiro atoms. The van der Waals surface area contributed by atoms with E-state index in [-0.39, 0.29) is 17.1 Å². The van der Waals surface area contributed by atoms with E-state index in [0.29, 0.717) is 30.5 Å². The molecule has 0 saturated heterocycles. The molecule has 0 aliphatic rings. The number of fused-ring (bicyclic) bond motifs is 1. The monoisotopic (exact) mass is 331 g/mol. The third kappa shape index (κ3) is 4.44. The summed E-state index contributed by atoms with van der Waals surface area (Å²) in [5.41, 5.74) is -0.477. The van der Waals surface area contributed by atoms with Crippen molar-refractivity contribution in [3.63, 3.8) is 0 Å². The van der Waals surface area contributed by atoms with Gasteiger partial charge in [-0.1, -0.05) is 20.3 Å². The summed E-state index contributed by atoms with van der Waals surface area (Å²) in [6.07, 6.45) is 2.81. The summed E-state index contributed by atoms with van der Waals surface area (Å²) in [4.78, 5) is 35.6. The lowest BCUT2D eigenvalue weighted by Crippen LogP contribution is -2.28. The molecule has 6 nitrogen and oxygen atoms in total. The molecule has 2 rings (SSSR count). The lowest BCUT2D eigenvalue weighted by Gasteiger charge is -2.06. The molecule has 1 aromatic carbocycles. The van der Waals surface area contributed by atoms with Crippen molar-refractivity contribution in [2.45, 2.75) is 39.5 Å². The Morgan fingerprint density at radius 1 is 1.17 bits per heavy atom. The molecule has 1 N–H and O–H groups in total. The lowest BCUT2D eigenvalue weighted by atomic mass is 10.1. The third-order valence-corrected chi connectivity index (χ3v) is 3.45. The number of esters is 1. The van der Waals surface area contributed by atoms with Crippen LogP contribution in [0.3, 0.4) is 0 Å². The zero-order chi connectivity index (χ0) is 17.5. The van der Waals surface area contributed by atoms with E-state index in [2.05, 4.69) is 5.32 Å². The smallest absolute Gasteiger partial charge is 0.349 e. The second-order valence-electron chi connectivity index (χ2n) is 5.48. The maximum Gasteiger partial charge on any atom is 0.349 e. The second-order valence-corrected chi connectivity index (χ2v) is 5.48. The summed E-state index contributed by atoms with van der Waals surface area (Å²) in [5, 5.41) is 3.28. The van der Waals surface area contributed by atoms with Crippen LogP contribution in [-0.2, 0) is 4.79 Å². The van der Waals surface area contributed by atoms with Gasteiger partial charge in [-0.15, -0.1) is 0 Å². The predicted molar refractivity (Wildman–Crippen MR) is 90.3 cm³/mol. The molecule has 0 aliphatic carbocycles. The van der Waals surface area contributed by atoms with Crippen molar-refractivity contribution in [1.29, 1.82) is 0 Å². The third-order valence-electron chi connectivity index (χ3n) is 3.45. The molecule has 0 saturated carbocycles. The Labute approximate surface area is 139 Å². The summed E-state index contributed by atoms with van der Waals surface area (Å²) in [6, 6.07) is 6.22. The largest absolute Gasteiger partial charge is 0.426 e. The van der Waals surface area contributed by atoms with Gasteiger partial charge in [-0.3, -0.25) is 9.59 Å². The van der Waals surface area contributed by atoms with E-state index in [4.69, 9.17) is 9.15 Å². The van der Waals surface area contributed by atoms with Gasteiger partial charge in [0.15, 0.2) is 0 Å². The van der Waals surface area contributed by atoms with Crippen LogP contribution in [0.1, 0.15) is 49.9 Å². The Balaban J connectivity index is 2.24. The fourth-order valence-corrected chi connectivity index (χ4v) is 2.17. The van der Waals surface area contributed by atoms with Gasteiger partial charge in [0, 0.05) is 24.4 Å². The van der Waals surface area contributed by atoms with Crippen LogP contribution in [0.25, 0.3) is 11.0 Å². The van der Waals surface area contributed by atoms with Gasteiger partial charge in [0.1, 0.15) is 16.9 Å². The van der Waals surface area contributed by atoms with Gasteiger partial charge in [-0.25, -0.2) is 4.79 Å². The zero-order valence-electron chi connectivity index (χ0n) is 13.9. The van der Waals surface area contributed by atoms with Crippen LogP contribution < -0.4 is 15.7 Å². The highest BCUT2D eigenvalue weighted by Gasteiger charge is 2.14. The summed E-state index contributed by atoms with van der Waals surface area (Å²) >= 11 is 0. The quantitative estimate of drug-likeness (QED) is 0.365. The van der Waals surface area contributed by atoms with E-state index in [9.17, 15) is 14.4 Å². The van der Waals surface area contributed by atoms with E-state index < -0.39 is 11.5 Å². The molecule has 1 heterocycles. The minimum absolute atomic E-state index is 0.0330. The molecule has 0 aliphatic heterocycles. The Bertz CT molecular complexity index is 794. The standard InChI is InChI=1S/C18H21NO5/c1-3-5-9-19-17(21)14-10-12-7-8-13(23-16(20)6-4-2)11-15(12)24-18(14)22/h7-8,10-11H,3-6,9H2,1-2H3,(H,19,21). The molecule has 128 valence electrons. The first-order valence-corrected chi connectivity index (χ1v) is 8.12. The normalized spacial score (nSPS) is 10.6. The van der Waals surface area contributed by atoms with Crippen LogP contribution in [0.4, 0.5) is 0 Å². The number of unbranched alkanes of at least 4 members (excludes halogenated alkanes) is 1. The van der Waals surface area contributed by atoms with Crippen LogP contribution in [0, 0.1) is 0 Å². The number of amides is 1. The molecule has 0 radical (unpaired) electrons. The van der Waals surface area contributed by atoms with Crippen molar-refractivity contribution in [3.05, 3.63) is 40.2 Å². The van der Waals surface area contributed by atoms with E-state index >= 15 is 0 Å². The Kier molecular flexibility index (Phi) is 6.12. The molecule has 1 amide bonds. The van der Waals surface area contributed by atoms with Crippen LogP contribution in [0.5, 0.6) is 5.75 Å². The number of carbonyl (C=O) groups excluding carboxylic acids is 2. The molecule has 24 heavy (non-hydrogen) atoms. The minimum atomic E-state index is -0.714. The van der Waals surface area contributed by atoms with Crippen LogP contribution in [-0.4, -0.2) is 18.4 Å². The molecule has 6 heteroatoms. The number of rotatable bonds is 7. The highest BCUT2D eigenvalue weighted by atomic mass is 16.5. The molecule has 0 atom stereocenters. The number of carbonyl (C=O) groups is 2.